The van der Waals surface area contributed by atoms with Gasteiger partial charge in [0.2, 0.25) is 10.0 Å². The average molecular weight is 335 g/mol. The van der Waals surface area contributed by atoms with Crippen LogP contribution in [-0.4, -0.2) is 51.2 Å². The van der Waals surface area contributed by atoms with Crippen molar-refractivity contribution in [2.75, 3.05) is 26.8 Å². The number of halogens is 2. The highest BCUT2D eigenvalue weighted by Gasteiger charge is 2.41. The minimum atomic E-state index is -4.30. The predicted octanol–water partition coefficient (Wildman–Crippen LogP) is 1.78. The molecule has 0 amide bonds. The third kappa shape index (κ3) is 3.45. The molecule has 1 atom stereocenters. The van der Waals surface area contributed by atoms with Gasteiger partial charge >= 0.3 is 0 Å². The summed E-state index contributed by atoms with van der Waals surface area (Å²) >= 11 is 0. The van der Waals surface area contributed by atoms with Crippen LogP contribution in [0.1, 0.15) is 13.8 Å². The lowest BCUT2D eigenvalue weighted by Gasteiger charge is -2.41. The summed E-state index contributed by atoms with van der Waals surface area (Å²) in [5.74, 6) is -2.21. The molecule has 8 heteroatoms. The minimum absolute atomic E-state index is 0.00330. The molecule has 0 bridgehead atoms. The molecule has 0 saturated carbocycles. The van der Waals surface area contributed by atoms with Gasteiger partial charge in [0.05, 0.1) is 18.3 Å². The standard InChI is InChI=1S/C14H19F2NO4S/c1-14(2)9-17(7-10(21-14)8-20-3)22(18,19)13-11(15)5-4-6-12(13)16/h4-6,10H,7-9H2,1-3H3/t10-/m1/s1. The molecule has 1 aliphatic rings. The molecule has 1 aromatic carbocycles. The first-order valence-electron chi connectivity index (χ1n) is 6.78. The zero-order chi connectivity index (χ0) is 16.5. The number of nitrogens with zero attached hydrogens (tertiary/aromatic N) is 1. The molecular formula is C14H19F2NO4S. The van der Waals surface area contributed by atoms with E-state index in [1.807, 2.05) is 0 Å². The Balaban J connectivity index is 2.40. The molecule has 0 N–H and O–H groups in total. The normalized spacial score (nSPS) is 22.7. The Kier molecular flexibility index (Phi) is 4.86. The number of sulfonamides is 1. The molecule has 0 spiro atoms. The maximum Gasteiger partial charge on any atom is 0.249 e. The monoisotopic (exact) mass is 335 g/mol. The quantitative estimate of drug-likeness (QED) is 0.842. The van der Waals surface area contributed by atoms with E-state index in [0.29, 0.717) is 0 Å². The van der Waals surface area contributed by atoms with Gasteiger partial charge in [-0.15, -0.1) is 0 Å². The van der Waals surface area contributed by atoms with Gasteiger partial charge in [-0.2, -0.15) is 4.31 Å². The van der Waals surface area contributed by atoms with Crippen LogP contribution in [0.2, 0.25) is 0 Å². The van der Waals surface area contributed by atoms with E-state index in [2.05, 4.69) is 0 Å². The second kappa shape index (κ2) is 6.19. The molecular weight excluding hydrogens is 316 g/mol. The largest absolute Gasteiger partial charge is 0.382 e. The van der Waals surface area contributed by atoms with Gasteiger partial charge in [0.1, 0.15) is 11.6 Å². The summed E-state index contributed by atoms with van der Waals surface area (Å²) in [6, 6.07) is 2.98. The van der Waals surface area contributed by atoms with E-state index < -0.39 is 38.3 Å². The Morgan fingerprint density at radius 3 is 2.50 bits per heavy atom. The summed E-state index contributed by atoms with van der Waals surface area (Å²) in [4.78, 5) is -0.927. The smallest absolute Gasteiger partial charge is 0.249 e. The SMILES string of the molecule is COC[C@H]1CN(S(=O)(=O)c2c(F)cccc2F)CC(C)(C)O1. The van der Waals surface area contributed by atoms with Crippen molar-refractivity contribution < 1.29 is 26.7 Å². The Morgan fingerprint density at radius 2 is 1.95 bits per heavy atom. The summed E-state index contributed by atoms with van der Waals surface area (Å²) in [6.45, 7) is 3.61. The number of ether oxygens (including phenoxy) is 2. The van der Waals surface area contributed by atoms with E-state index >= 15 is 0 Å². The van der Waals surface area contributed by atoms with Crippen molar-refractivity contribution in [3.05, 3.63) is 29.8 Å². The highest BCUT2D eigenvalue weighted by Crippen LogP contribution is 2.29. The first-order valence-corrected chi connectivity index (χ1v) is 8.22. The van der Waals surface area contributed by atoms with Crippen LogP contribution in [-0.2, 0) is 19.5 Å². The molecule has 1 heterocycles. The van der Waals surface area contributed by atoms with Crippen LogP contribution in [0.15, 0.2) is 23.1 Å². The number of rotatable bonds is 4. The first-order chi connectivity index (χ1) is 10.2. The fourth-order valence-electron chi connectivity index (χ4n) is 2.56. The summed E-state index contributed by atoms with van der Waals surface area (Å²) in [6.07, 6.45) is -0.502. The molecule has 124 valence electrons. The number of morpholine rings is 1. The maximum absolute atomic E-state index is 13.8. The van der Waals surface area contributed by atoms with Gasteiger partial charge in [0.15, 0.2) is 4.90 Å². The Labute approximate surface area is 128 Å². The van der Waals surface area contributed by atoms with Crippen molar-refractivity contribution in [2.45, 2.75) is 30.4 Å². The molecule has 2 rings (SSSR count). The van der Waals surface area contributed by atoms with Crippen LogP contribution in [0.5, 0.6) is 0 Å². The lowest BCUT2D eigenvalue weighted by atomic mass is 10.1. The first kappa shape index (κ1) is 17.3. The third-order valence-electron chi connectivity index (χ3n) is 3.32. The van der Waals surface area contributed by atoms with E-state index in [1.165, 1.54) is 7.11 Å². The van der Waals surface area contributed by atoms with Crippen LogP contribution >= 0.6 is 0 Å². The number of hydrogen-bond acceptors (Lipinski definition) is 4. The second-order valence-electron chi connectivity index (χ2n) is 5.80. The van der Waals surface area contributed by atoms with Crippen molar-refractivity contribution in [1.29, 1.82) is 0 Å². The molecule has 0 unspecified atom stereocenters. The molecule has 1 aromatic rings. The van der Waals surface area contributed by atoms with Crippen molar-refractivity contribution in [2.24, 2.45) is 0 Å². The Bertz CT molecular complexity index is 628. The third-order valence-corrected chi connectivity index (χ3v) is 5.18. The van der Waals surface area contributed by atoms with Crippen molar-refractivity contribution >= 4 is 10.0 Å². The topological polar surface area (TPSA) is 55.8 Å². The lowest BCUT2D eigenvalue weighted by Crippen LogP contribution is -2.55. The Hall–Kier alpha value is -1.09. The second-order valence-corrected chi connectivity index (χ2v) is 7.68. The molecule has 1 saturated heterocycles. The van der Waals surface area contributed by atoms with Gasteiger partial charge in [-0.05, 0) is 26.0 Å². The van der Waals surface area contributed by atoms with Gasteiger partial charge < -0.3 is 9.47 Å². The van der Waals surface area contributed by atoms with Gasteiger partial charge in [-0.3, -0.25) is 0 Å². The van der Waals surface area contributed by atoms with Crippen LogP contribution in [0, 0.1) is 11.6 Å². The lowest BCUT2D eigenvalue weighted by molar-refractivity contribution is -0.135. The summed E-state index contributed by atoms with van der Waals surface area (Å²) in [7, 11) is -2.83. The predicted molar refractivity (Wildman–Crippen MR) is 75.9 cm³/mol. The van der Waals surface area contributed by atoms with Gasteiger partial charge in [0.25, 0.3) is 0 Å². The minimum Gasteiger partial charge on any atom is -0.382 e. The summed E-state index contributed by atoms with van der Waals surface area (Å²) in [5.41, 5.74) is -0.781. The van der Waals surface area contributed by atoms with Gasteiger partial charge in [-0.25, -0.2) is 17.2 Å². The van der Waals surface area contributed by atoms with Crippen molar-refractivity contribution in [3.63, 3.8) is 0 Å². The van der Waals surface area contributed by atoms with Crippen molar-refractivity contribution in [1.82, 2.24) is 4.31 Å². The molecule has 22 heavy (non-hydrogen) atoms. The molecule has 0 radical (unpaired) electrons. The number of hydrogen-bond donors (Lipinski definition) is 0. The van der Waals surface area contributed by atoms with Crippen LogP contribution in [0.3, 0.4) is 0 Å². The molecule has 0 aromatic heterocycles. The van der Waals surface area contributed by atoms with Crippen LogP contribution < -0.4 is 0 Å². The van der Waals surface area contributed by atoms with Crippen LogP contribution in [0.4, 0.5) is 8.78 Å². The van der Waals surface area contributed by atoms with E-state index in [4.69, 9.17) is 9.47 Å². The fraction of sp³-hybridized carbons (Fsp3) is 0.571. The van der Waals surface area contributed by atoms with E-state index in [0.717, 1.165) is 22.5 Å². The zero-order valence-electron chi connectivity index (χ0n) is 12.7. The highest BCUT2D eigenvalue weighted by atomic mass is 32.2. The van der Waals surface area contributed by atoms with Gasteiger partial charge in [-0.1, -0.05) is 6.07 Å². The van der Waals surface area contributed by atoms with E-state index in [1.54, 1.807) is 13.8 Å². The number of methoxy groups -OCH3 is 1. The van der Waals surface area contributed by atoms with Crippen LogP contribution in [0.25, 0.3) is 0 Å². The molecule has 1 aliphatic heterocycles. The van der Waals surface area contributed by atoms with Crippen molar-refractivity contribution in [3.8, 4) is 0 Å². The Morgan fingerprint density at radius 1 is 1.36 bits per heavy atom. The van der Waals surface area contributed by atoms with Gasteiger partial charge in [0, 0.05) is 20.2 Å². The maximum atomic E-state index is 13.8. The average Bonchev–Trinajstić information content (AvgIpc) is 2.36. The zero-order valence-corrected chi connectivity index (χ0v) is 13.5. The summed E-state index contributed by atoms with van der Waals surface area (Å²) in [5, 5.41) is 0. The summed E-state index contributed by atoms with van der Waals surface area (Å²) < 4.78 is 64.7. The molecule has 1 fully saturated rings. The van der Waals surface area contributed by atoms with E-state index in [-0.39, 0.29) is 19.7 Å². The van der Waals surface area contributed by atoms with E-state index in [9.17, 15) is 17.2 Å². The fourth-order valence-corrected chi connectivity index (χ4v) is 4.29. The number of benzene rings is 1. The highest BCUT2D eigenvalue weighted by molar-refractivity contribution is 7.89. The molecule has 0 aliphatic carbocycles. The molecule has 5 nitrogen and oxygen atoms in total.